The minimum atomic E-state index is -0.611. The van der Waals surface area contributed by atoms with Crippen molar-refractivity contribution in [3.63, 3.8) is 0 Å². The molecule has 0 fully saturated rings. The zero-order valence-electron chi connectivity index (χ0n) is 16.7. The molecule has 0 unspecified atom stereocenters. The van der Waals surface area contributed by atoms with Gasteiger partial charge in [-0.15, -0.1) is 0 Å². The summed E-state index contributed by atoms with van der Waals surface area (Å²) in [7, 11) is 1.43. The fraction of sp³-hybridized carbons (Fsp3) is 0.136. The van der Waals surface area contributed by atoms with E-state index in [1.54, 1.807) is 41.8 Å². The molecule has 0 radical (unpaired) electrons. The molecule has 0 saturated heterocycles. The Morgan fingerprint density at radius 3 is 2.42 bits per heavy atom. The van der Waals surface area contributed by atoms with Crippen molar-refractivity contribution in [2.75, 3.05) is 19.4 Å². The third kappa shape index (κ3) is 2.59. The van der Waals surface area contributed by atoms with Crippen LogP contribution in [-0.2, 0) is 4.74 Å². The third-order valence-corrected chi connectivity index (χ3v) is 5.31. The molecule has 3 heterocycles. The number of nitrogen functional groups attached to an aromatic ring is 1. The first-order chi connectivity index (χ1) is 14.9. The number of fused-ring (bicyclic) bond motifs is 3. The molecule has 31 heavy (non-hydrogen) atoms. The summed E-state index contributed by atoms with van der Waals surface area (Å²) in [5.74, 6) is -1.29. The number of anilines is 1. The average Bonchev–Trinajstić information content (AvgIpc) is 3.17. The van der Waals surface area contributed by atoms with Gasteiger partial charge in [0.1, 0.15) is 16.9 Å². The van der Waals surface area contributed by atoms with Crippen LogP contribution in [0.15, 0.2) is 42.5 Å². The Morgan fingerprint density at radius 1 is 1.03 bits per heavy atom. The third-order valence-electron chi connectivity index (χ3n) is 5.31. The summed E-state index contributed by atoms with van der Waals surface area (Å²) in [6, 6.07) is 12.1. The lowest BCUT2D eigenvalue weighted by molar-refractivity contribution is 0.0528. The van der Waals surface area contributed by atoms with Crippen molar-refractivity contribution in [2.24, 2.45) is 0 Å². The molecule has 0 saturated carbocycles. The number of nitrogens with two attached hydrogens (primary N) is 1. The molecule has 2 aromatic carbocycles. The normalized spacial score (nSPS) is 13.3. The number of amides is 2. The van der Waals surface area contributed by atoms with Crippen molar-refractivity contribution in [2.45, 2.75) is 6.92 Å². The van der Waals surface area contributed by atoms with Crippen molar-refractivity contribution < 1.29 is 19.1 Å². The van der Waals surface area contributed by atoms with Gasteiger partial charge in [0.15, 0.2) is 5.65 Å². The van der Waals surface area contributed by atoms with E-state index in [9.17, 15) is 14.4 Å². The summed E-state index contributed by atoms with van der Waals surface area (Å²) in [4.78, 5) is 47.7. The van der Waals surface area contributed by atoms with Gasteiger partial charge in [0.25, 0.3) is 11.8 Å². The summed E-state index contributed by atoms with van der Waals surface area (Å²) in [6.07, 6.45) is 0. The van der Waals surface area contributed by atoms with E-state index in [-0.39, 0.29) is 29.5 Å². The number of rotatable bonds is 3. The molecule has 9 heteroatoms. The first-order valence-electron chi connectivity index (χ1n) is 9.63. The van der Waals surface area contributed by atoms with Crippen molar-refractivity contribution in [1.82, 2.24) is 19.4 Å². The van der Waals surface area contributed by atoms with Gasteiger partial charge in [-0.1, -0.05) is 12.1 Å². The maximum Gasteiger partial charge on any atom is 0.344 e. The van der Waals surface area contributed by atoms with Crippen LogP contribution >= 0.6 is 0 Å². The minimum Gasteiger partial charge on any atom is -0.462 e. The predicted octanol–water partition coefficient (Wildman–Crippen LogP) is 2.56. The van der Waals surface area contributed by atoms with Crippen LogP contribution in [0.3, 0.4) is 0 Å². The number of benzene rings is 2. The second-order valence-corrected chi connectivity index (χ2v) is 7.10. The van der Waals surface area contributed by atoms with E-state index in [4.69, 9.17) is 10.5 Å². The Kier molecular flexibility index (Phi) is 4.01. The lowest BCUT2D eigenvalue weighted by Gasteiger charge is -2.09. The minimum absolute atomic E-state index is 0.0915. The highest BCUT2D eigenvalue weighted by Gasteiger charge is 2.34. The smallest absolute Gasteiger partial charge is 0.344 e. The quantitative estimate of drug-likeness (QED) is 0.403. The second-order valence-electron chi connectivity index (χ2n) is 7.10. The molecule has 5 rings (SSSR count). The molecule has 1 aliphatic rings. The van der Waals surface area contributed by atoms with Gasteiger partial charge in [0.05, 0.1) is 28.8 Å². The van der Waals surface area contributed by atoms with Gasteiger partial charge in [-0.25, -0.2) is 14.8 Å². The standard InChI is InChI=1S/C22H17N5O4/c1-3-31-22(30)16-17-19(25-15-7-5-4-6-14(15)24-17)27(18(16)23)11-8-9-12-13(10-11)21(29)26(2)20(12)28/h4-10H,3,23H2,1-2H3. The van der Waals surface area contributed by atoms with E-state index in [1.807, 2.05) is 12.1 Å². The molecule has 2 aromatic heterocycles. The molecule has 2 N–H and O–H groups in total. The maximum atomic E-state index is 12.7. The summed E-state index contributed by atoms with van der Waals surface area (Å²) in [6.45, 7) is 1.88. The van der Waals surface area contributed by atoms with Crippen LogP contribution in [0.2, 0.25) is 0 Å². The van der Waals surface area contributed by atoms with Gasteiger partial charge < -0.3 is 10.5 Å². The zero-order chi connectivity index (χ0) is 21.9. The SMILES string of the molecule is CCOC(=O)c1c(N)n(-c2ccc3c(c2)C(=O)N(C)C3=O)c2nc3ccccc3nc12. The largest absolute Gasteiger partial charge is 0.462 e. The Morgan fingerprint density at radius 2 is 1.71 bits per heavy atom. The van der Waals surface area contributed by atoms with Crippen molar-refractivity contribution >= 4 is 45.8 Å². The Bertz CT molecular complexity index is 1440. The Balaban J connectivity index is 1.83. The van der Waals surface area contributed by atoms with Crippen LogP contribution in [0, 0.1) is 0 Å². The van der Waals surface area contributed by atoms with Crippen LogP contribution < -0.4 is 5.73 Å². The lowest BCUT2D eigenvalue weighted by Crippen LogP contribution is -2.24. The number of aromatic nitrogens is 3. The Hall–Kier alpha value is -4.27. The molecular formula is C22H17N5O4. The monoisotopic (exact) mass is 415 g/mol. The molecule has 2 amide bonds. The molecule has 0 atom stereocenters. The number of esters is 1. The van der Waals surface area contributed by atoms with Crippen LogP contribution in [0.25, 0.3) is 27.9 Å². The number of nitrogens with zero attached hydrogens (tertiary/aromatic N) is 4. The summed E-state index contributed by atoms with van der Waals surface area (Å²) in [5.41, 5.74) is 9.44. The molecule has 0 bridgehead atoms. The maximum absolute atomic E-state index is 12.7. The predicted molar refractivity (Wildman–Crippen MR) is 113 cm³/mol. The topological polar surface area (TPSA) is 120 Å². The molecule has 154 valence electrons. The summed E-state index contributed by atoms with van der Waals surface area (Å²) < 4.78 is 6.74. The summed E-state index contributed by atoms with van der Waals surface area (Å²) in [5, 5.41) is 0. The summed E-state index contributed by atoms with van der Waals surface area (Å²) >= 11 is 0. The van der Waals surface area contributed by atoms with Gasteiger partial charge in [-0.2, -0.15) is 0 Å². The fourth-order valence-corrected chi connectivity index (χ4v) is 3.82. The van der Waals surface area contributed by atoms with E-state index < -0.39 is 11.9 Å². The van der Waals surface area contributed by atoms with E-state index in [0.29, 0.717) is 33.4 Å². The van der Waals surface area contributed by atoms with E-state index in [2.05, 4.69) is 9.97 Å². The van der Waals surface area contributed by atoms with Crippen molar-refractivity contribution in [3.8, 4) is 5.69 Å². The second kappa shape index (κ2) is 6.63. The van der Waals surface area contributed by atoms with Crippen molar-refractivity contribution in [1.29, 1.82) is 0 Å². The molecular weight excluding hydrogens is 398 g/mol. The molecule has 4 aromatic rings. The number of carbonyl (C=O) groups excluding carboxylic acids is 3. The van der Waals surface area contributed by atoms with Gasteiger partial charge >= 0.3 is 5.97 Å². The van der Waals surface area contributed by atoms with Crippen LogP contribution in [-0.4, -0.2) is 50.9 Å². The molecule has 0 spiro atoms. The molecule has 9 nitrogen and oxygen atoms in total. The zero-order valence-corrected chi connectivity index (χ0v) is 16.7. The molecule has 0 aliphatic carbocycles. The number of imide groups is 1. The highest BCUT2D eigenvalue weighted by atomic mass is 16.5. The number of carbonyl (C=O) groups is 3. The van der Waals surface area contributed by atoms with Crippen LogP contribution in [0.5, 0.6) is 0 Å². The fourth-order valence-electron chi connectivity index (χ4n) is 3.82. The van der Waals surface area contributed by atoms with E-state index >= 15 is 0 Å². The highest BCUT2D eigenvalue weighted by molar-refractivity contribution is 6.21. The number of para-hydroxylation sites is 2. The number of hydrogen-bond donors (Lipinski definition) is 1. The van der Waals surface area contributed by atoms with Crippen LogP contribution in [0.1, 0.15) is 38.0 Å². The average molecular weight is 415 g/mol. The first-order valence-corrected chi connectivity index (χ1v) is 9.63. The van der Waals surface area contributed by atoms with Gasteiger partial charge in [0, 0.05) is 12.7 Å². The lowest BCUT2D eigenvalue weighted by atomic mass is 10.1. The van der Waals surface area contributed by atoms with Gasteiger partial charge in [0.2, 0.25) is 0 Å². The van der Waals surface area contributed by atoms with E-state index in [1.165, 1.54) is 7.05 Å². The van der Waals surface area contributed by atoms with Gasteiger partial charge in [-0.05, 0) is 37.3 Å². The first kappa shape index (κ1) is 18.7. The van der Waals surface area contributed by atoms with Gasteiger partial charge in [-0.3, -0.25) is 19.1 Å². The number of hydrogen-bond acceptors (Lipinski definition) is 7. The van der Waals surface area contributed by atoms with E-state index in [0.717, 1.165) is 4.90 Å². The number of ether oxygens (including phenoxy) is 1. The molecule has 1 aliphatic heterocycles. The Labute approximate surface area is 176 Å². The van der Waals surface area contributed by atoms with Crippen molar-refractivity contribution in [3.05, 3.63) is 59.2 Å². The highest BCUT2D eigenvalue weighted by Crippen LogP contribution is 2.33. The van der Waals surface area contributed by atoms with Crippen LogP contribution in [0.4, 0.5) is 5.82 Å².